The quantitative estimate of drug-likeness (QED) is 0.886. The SMILES string of the molecule is Cn1ccnc1-c1cccc(CNC(=O)COCC(F)(F)F)c1. The number of halogens is 3. The van der Waals surface area contributed by atoms with Crippen molar-refractivity contribution < 1.29 is 22.7 Å². The normalized spacial score (nSPS) is 11.5. The van der Waals surface area contributed by atoms with Gasteiger partial charge in [-0.2, -0.15) is 13.2 Å². The molecule has 2 rings (SSSR count). The number of nitrogens with one attached hydrogen (secondary N) is 1. The highest BCUT2D eigenvalue weighted by Gasteiger charge is 2.27. The van der Waals surface area contributed by atoms with E-state index in [1.807, 2.05) is 42.1 Å². The minimum atomic E-state index is -4.43. The summed E-state index contributed by atoms with van der Waals surface area (Å²) in [5.74, 6) is 0.184. The van der Waals surface area contributed by atoms with Gasteiger partial charge < -0.3 is 14.6 Å². The van der Waals surface area contributed by atoms with Crippen molar-refractivity contribution in [3.63, 3.8) is 0 Å². The highest BCUT2D eigenvalue weighted by Crippen LogP contribution is 2.18. The zero-order chi connectivity index (χ0) is 16.9. The predicted octanol–water partition coefficient (Wildman–Crippen LogP) is 2.28. The van der Waals surface area contributed by atoms with E-state index >= 15 is 0 Å². The van der Waals surface area contributed by atoms with Crippen LogP contribution in [0.1, 0.15) is 5.56 Å². The number of ether oxygens (including phenoxy) is 1. The number of aromatic nitrogens is 2. The summed E-state index contributed by atoms with van der Waals surface area (Å²) in [6.07, 6.45) is -0.930. The van der Waals surface area contributed by atoms with Crippen LogP contribution in [0, 0.1) is 0 Å². The number of nitrogens with zero attached hydrogens (tertiary/aromatic N) is 2. The molecule has 5 nitrogen and oxygen atoms in total. The Balaban J connectivity index is 1.87. The van der Waals surface area contributed by atoms with Gasteiger partial charge in [-0.1, -0.05) is 18.2 Å². The van der Waals surface area contributed by atoms with Crippen molar-refractivity contribution in [3.05, 3.63) is 42.2 Å². The molecule has 23 heavy (non-hydrogen) atoms. The van der Waals surface area contributed by atoms with Gasteiger partial charge >= 0.3 is 6.18 Å². The lowest BCUT2D eigenvalue weighted by atomic mass is 10.1. The van der Waals surface area contributed by atoms with Crippen molar-refractivity contribution in [3.8, 4) is 11.4 Å². The molecule has 1 heterocycles. The van der Waals surface area contributed by atoms with Crippen molar-refractivity contribution in [2.75, 3.05) is 13.2 Å². The highest BCUT2D eigenvalue weighted by molar-refractivity contribution is 5.77. The molecule has 0 radical (unpaired) electrons. The third-order valence-corrected chi connectivity index (χ3v) is 2.99. The number of carbonyl (C=O) groups is 1. The maximum Gasteiger partial charge on any atom is 0.411 e. The van der Waals surface area contributed by atoms with Crippen LogP contribution in [-0.4, -0.2) is 34.8 Å². The summed E-state index contributed by atoms with van der Waals surface area (Å²) in [6, 6.07) is 7.38. The number of alkyl halides is 3. The van der Waals surface area contributed by atoms with Crippen molar-refractivity contribution in [2.24, 2.45) is 7.05 Å². The Hall–Kier alpha value is -2.35. The summed E-state index contributed by atoms with van der Waals surface area (Å²) < 4.78 is 41.9. The zero-order valence-corrected chi connectivity index (χ0v) is 12.4. The first kappa shape index (κ1) is 17.0. The second kappa shape index (κ2) is 7.28. The van der Waals surface area contributed by atoms with E-state index in [0.717, 1.165) is 17.0 Å². The highest BCUT2D eigenvalue weighted by atomic mass is 19.4. The molecule has 2 aromatic rings. The van der Waals surface area contributed by atoms with Crippen molar-refractivity contribution in [2.45, 2.75) is 12.7 Å². The standard InChI is InChI=1S/C15H16F3N3O2/c1-21-6-5-19-14(21)12-4-2-3-11(7-12)8-20-13(22)9-23-10-15(16,17)18/h2-7H,8-10H2,1H3,(H,20,22). The zero-order valence-electron chi connectivity index (χ0n) is 12.4. The Bertz CT molecular complexity index is 668. The van der Waals surface area contributed by atoms with Crippen molar-refractivity contribution >= 4 is 5.91 Å². The Morgan fingerprint density at radius 3 is 2.83 bits per heavy atom. The third-order valence-electron chi connectivity index (χ3n) is 2.99. The maximum absolute atomic E-state index is 11.9. The molecule has 124 valence electrons. The molecular weight excluding hydrogens is 311 g/mol. The molecule has 1 amide bonds. The van der Waals surface area contributed by atoms with E-state index in [1.54, 1.807) is 6.20 Å². The first-order valence-electron chi connectivity index (χ1n) is 6.83. The lowest BCUT2D eigenvalue weighted by Gasteiger charge is -2.09. The lowest BCUT2D eigenvalue weighted by molar-refractivity contribution is -0.175. The smallest absolute Gasteiger partial charge is 0.362 e. The van der Waals surface area contributed by atoms with E-state index in [1.165, 1.54) is 0 Å². The van der Waals surface area contributed by atoms with Crippen LogP contribution in [0.4, 0.5) is 13.2 Å². The molecule has 0 unspecified atom stereocenters. The second-order valence-corrected chi connectivity index (χ2v) is 4.95. The van der Waals surface area contributed by atoms with E-state index in [4.69, 9.17) is 0 Å². The molecule has 0 aliphatic rings. The summed E-state index contributed by atoms with van der Waals surface area (Å²) in [4.78, 5) is 15.7. The van der Waals surface area contributed by atoms with Crippen LogP contribution in [0.25, 0.3) is 11.4 Å². The van der Waals surface area contributed by atoms with Gasteiger partial charge in [-0.25, -0.2) is 4.98 Å². The fraction of sp³-hybridized carbons (Fsp3) is 0.333. The fourth-order valence-electron chi connectivity index (χ4n) is 1.98. The van der Waals surface area contributed by atoms with Crippen molar-refractivity contribution in [1.29, 1.82) is 0 Å². The lowest BCUT2D eigenvalue weighted by Crippen LogP contribution is -2.29. The second-order valence-electron chi connectivity index (χ2n) is 4.95. The van der Waals surface area contributed by atoms with E-state index in [9.17, 15) is 18.0 Å². The molecule has 0 bridgehead atoms. The predicted molar refractivity (Wildman–Crippen MR) is 77.4 cm³/mol. The van der Waals surface area contributed by atoms with Gasteiger partial charge in [0.2, 0.25) is 5.91 Å². The van der Waals surface area contributed by atoms with Crippen LogP contribution in [0.5, 0.6) is 0 Å². The minimum absolute atomic E-state index is 0.201. The molecule has 8 heteroatoms. The van der Waals surface area contributed by atoms with Gasteiger partial charge in [-0.15, -0.1) is 0 Å². The van der Waals surface area contributed by atoms with Crippen LogP contribution in [0.2, 0.25) is 0 Å². The molecule has 0 aliphatic heterocycles. The molecule has 1 aromatic heterocycles. The molecule has 0 saturated heterocycles. The maximum atomic E-state index is 11.9. The van der Waals surface area contributed by atoms with E-state index < -0.39 is 25.3 Å². The molecule has 1 aromatic carbocycles. The number of hydrogen-bond acceptors (Lipinski definition) is 3. The summed E-state index contributed by atoms with van der Waals surface area (Å²) in [5, 5.41) is 2.51. The van der Waals surface area contributed by atoms with Crippen LogP contribution in [0.15, 0.2) is 36.7 Å². The number of aryl methyl sites for hydroxylation is 1. The number of carbonyl (C=O) groups excluding carboxylic acids is 1. The Labute approximate surface area is 131 Å². The molecule has 1 N–H and O–H groups in total. The van der Waals surface area contributed by atoms with Gasteiger partial charge in [0.1, 0.15) is 19.0 Å². The van der Waals surface area contributed by atoms with Crippen LogP contribution in [0.3, 0.4) is 0 Å². The van der Waals surface area contributed by atoms with Gasteiger partial charge in [0.05, 0.1) is 0 Å². The number of rotatable bonds is 6. The number of hydrogen-bond donors (Lipinski definition) is 1. The van der Waals surface area contributed by atoms with E-state index in [-0.39, 0.29) is 6.54 Å². The summed E-state index contributed by atoms with van der Waals surface area (Å²) >= 11 is 0. The van der Waals surface area contributed by atoms with E-state index in [0.29, 0.717) is 0 Å². The largest absolute Gasteiger partial charge is 0.411 e. The molecule has 0 spiro atoms. The van der Waals surface area contributed by atoms with E-state index in [2.05, 4.69) is 15.0 Å². The van der Waals surface area contributed by atoms with Crippen molar-refractivity contribution in [1.82, 2.24) is 14.9 Å². The van der Waals surface area contributed by atoms with Crippen LogP contribution >= 0.6 is 0 Å². The molecule has 0 saturated carbocycles. The topological polar surface area (TPSA) is 56.2 Å². The average molecular weight is 327 g/mol. The van der Waals surface area contributed by atoms with Gasteiger partial charge in [0.15, 0.2) is 0 Å². The monoisotopic (exact) mass is 327 g/mol. The van der Waals surface area contributed by atoms with Gasteiger partial charge in [0.25, 0.3) is 0 Å². The van der Waals surface area contributed by atoms with Gasteiger partial charge in [-0.3, -0.25) is 4.79 Å². The fourth-order valence-corrected chi connectivity index (χ4v) is 1.98. The number of imidazole rings is 1. The molecular formula is C15H16F3N3O2. The Morgan fingerprint density at radius 2 is 2.17 bits per heavy atom. The first-order chi connectivity index (χ1) is 10.8. The Kier molecular flexibility index (Phi) is 5.38. The average Bonchev–Trinajstić information content (AvgIpc) is 2.90. The summed E-state index contributed by atoms with van der Waals surface area (Å²) in [6.45, 7) is -1.86. The Morgan fingerprint density at radius 1 is 1.39 bits per heavy atom. The minimum Gasteiger partial charge on any atom is -0.362 e. The summed E-state index contributed by atoms with van der Waals surface area (Å²) in [7, 11) is 1.87. The number of benzene rings is 1. The number of amides is 1. The van der Waals surface area contributed by atoms with Crippen LogP contribution in [-0.2, 0) is 23.1 Å². The first-order valence-corrected chi connectivity index (χ1v) is 6.83. The van der Waals surface area contributed by atoms with Gasteiger partial charge in [-0.05, 0) is 11.6 Å². The van der Waals surface area contributed by atoms with Gasteiger partial charge in [0, 0.05) is 31.5 Å². The molecule has 0 atom stereocenters. The third kappa shape index (κ3) is 5.41. The van der Waals surface area contributed by atoms with Crippen LogP contribution < -0.4 is 5.32 Å². The molecule has 0 fully saturated rings. The summed E-state index contributed by atoms with van der Waals surface area (Å²) in [5.41, 5.74) is 1.70. The molecule has 0 aliphatic carbocycles.